The molecule has 160 valence electrons. The molecule has 0 aliphatic heterocycles. The number of H-pyrrole nitrogens is 1. The maximum atomic E-state index is 12.4. The standard InChI is InChI=1S/C25H22N4O3/c26-23(31)22-16-6-2-1-5-15(16)21-17(22)7-3-8-18(21)24-28-19-10-9-14(13-20(19)29-24)25(32)27-11-4-12-30/h1-3,5-10,13,22,30H,4,11-12H2,(H2,26,31)(H,27,32)(H,28,29)/t22-/m1/s1. The van der Waals surface area contributed by atoms with Crippen molar-refractivity contribution in [2.24, 2.45) is 5.73 Å². The van der Waals surface area contributed by atoms with E-state index in [-0.39, 0.29) is 18.4 Å². The summed E-state index contributed by atoms with van der Waals surface area (Å²) in [5, 5.41) is 11.7. The lowest BCUT2D eigenvalue weighted by molar-refractivity contribution is -0.118. The number of carbonyl (C=O) groups excluding carboxylic acids is 2. The molecule has 5 N–H and O–H groups in total. The number of carbonyl (C=O) groups is 2. The number of aromatic amines is 1. The number of benzene rings is 3. The molecule has 0 fully saturated rings. The number of nitrogens with one attached hydrogen (secondary N) is 2. The lowest BCUT2D eigenvalue weighted by Crippen LogP contribution is -2.24. The SMILES string of the molecule is NC(=O)[C@@H]1c2ccccc2-c2c(-c3nc4ccc(C(=O)NCCCO)cc4[nH]3)cccc21. The molecule has 3 aromatic carbocycles. The first-order chi connectivity index (χ1) is 15.6. The Kier molecular flexibility index (Phi) is 4.95. The molecule has 1 aliphatic rings. The van der Waals surface area contributed by atoms with Crippen LogP contribution in [0.1, 0.15) is 33.8 Å². The van der Waals surface area contributed by atoms with Gasteiger partial charge in [-0.25, -0.2) is 4.98 Å². The third kappa shape index (κ3) is 3.23. The fourth-order valence-electron chi connectivity index (χ4n) is 4.42. The first kappa shape index (κ1) is 20.0. The van der Waals surface area contributed by atoms with Gasteiger partial charge in [-0.05, 0) is 46.9 Å². The minimum absolute atomic E-state index is 0.0321. The van der Waals surface area contributed by atoms with E-state index >= 15 is 0 Å². The van der Waals surface area contributed by atoms with Gasteiger partial charge in [0.25, 0.3) is 5.91 Å². The van der Waals surface area contributed by atoms with Crippen LogP contribution in [0.25, 0.3) is 33.5 Å². The summed E-state index contributed by atoms with van der Waals surface area (Å²) in [7, 11) is 0. The summed E-state index contributed by atoms with van der Waals surface area (Å²) < 4.78 is 0. The third-order valence-electron chi connectivity index (χ3n) is 5.85. The second-order valence-corrected chi connectivity index (χ2v) is 7.84. The number of fused-ring (bicyclic) bond motifs is 4. The second-order valence-electron chi connectivity index (χ2n) is 7.84. The zero-order valence-electron chi connectivity index (χ0n) is 17.3. The molecular formula is C25H22N4O3. The molecule has 5 rings (SSSR count). The molecule has 1 aromatic heterocycles. The van der Waals surface area contributed by atoms with E-state index in [9.17, 15) is 9.59 Å². The van der Waals surface area contributed by atoms with E-state index in [2.05, 4.69) is 10.3 Å². The molecule has 0 spiro atoms. The molecule has 0 unspecified atom stereocenters. The molecule has 1 aliphatic carbocycles. The predicted molar refractivity (Wildman–Crippen MR) is 122 cm³/mol. The van der Waals surface area contributed by atoms with Crippen molar-refractivity contribution >= 4 is 22.8 Å². The van der Waals surface area contributed by atoms with Gasteiger partial charge in [0.2, 0.25) is 5.91 Å². The van der Waals surface area contributed by atoms with Crippen LogP contribution in [-0.2, 0) is 4.79 Å². The number of aliphatic hydroxyl groups excluding tert-OH is 1. The molecule has 0 radical (unpaired) electrons. The van der Waals surface area contributed by atoms with Gasteiger partial charge in [-0.3, -0.25) is 9.59 Å². The van der Waals surface area contributed by atoms with Gasteiger partial charge in [0, 0.05) is 24.3 Å². The normalized spacial score (nSPS) is 14.2. The molecule has 0 saturated carbocycles. The van der Waals surface area contributed by atoms with Crippen molar-refractivity contribution in [3.8, 4) is 22.5 Å². The minimum atomic E-state index is -0.486. The molecule has 0 bridgehead atoms. The Morgan fingerprint density at radius 1 is 1.03 bits per heavy atom. The topological polar surface area (TPSA) is 121 Å². The van der Waals surface area contributed by atoms with Crippen LogP contribution in [-0.4, -0.2) is 40.0 Å². The Hall–Kier alpha value is -3.97. The fourth-order valence-corrected chi connectivity index (χ4v) is 4.42. The molecule has 1 atom stereocenters. The van der Waals surface area contributed by atoms with Crippen LogP contribution in [0.15, 0.2) is 60.7 Å². The number of nitrogens with two attached hydrogens (primary N) is 1. The van der Waals surface area contributed by atoms with E-state index in [0.29, 0.717) is 24.4 Å². The van der Waals surface area contributed by atoms with E-state index in [1.54, 1.807) is 18.2 Å². The van der Waals surface area contributed by atoms with Crippen molar-refractivity contribution in [2.45, 2.75) is 12.3 Å². The maximum absolute atomic E-state index is 12.4. The van der Waals surface area contributed by atoms with E-state index in [4.69, 9.17) is 15.8 Å². The lowest BCUT2D eigenvalue weighted by Gasteiger charge is -2.09. The zero-order valence-corrected chi connectivity index (χ0v) is 17.3. The van der Waals surface area contributed by atoms with Gasteiger partial charge in [0.1, 0.15) is 5.82 Å². The Labute approximate surface area is 184 Å². The highest BCUT2D eigenvalue weighted by Crippen LogP contribution is 2.48. The van der Waals surface area contributed by atoms with Crippen LogP contribution in [0.4, 0.5) is 0 Å². The lowest BCUT2D eigenvalue weighted by atomic mass is 9.95. The highest BCUT2D eigenvalue weighted by molar-refractivity contribution is 6.01. The Morgan fingerprint density at radius 3 is 2.62 bits per heavy atom. The maximum Gasteiger partial charge on any atom is 0.251 e. The van der Waals surface area contributed by atoms with Crippen LogP contribution in [0.3, 0.4) is 0 Å². The number of aromatic nitrogens is 2. The van der Waals surface area contributed by atoms with Crippen molar-refractivity contribution in [1.82, 2.24) is 15.3 Å². The Bertz CT molecular complexity index is 1360. The largest absolute Gasteiger partial charge is 0.396 e. The summed E-state index contributed by atoms with van der Waals surface area (Å²) in [5.74, 6) is -0.403. The van der Waals surface area contributed by atoms with E-state index in [0.717, 1.165) is 38.9 Å². The van der Waals surface area contributed by atoms with Crippen LogP contribution in [0.5, 0.6) is 0 Å². The first-order valence-corrected chi connectivity index (χ1v) is 10.5. The van der Waals surface area contributed by atoms with Crippen LogP contribution < -0.4 is 11.1 Å². The molecule has 0 saturated heterocycles. The summed E-state index contributed by atoms with van der Waals surface area (Å²) in [6, 6.07) is 18.9. The minimum Gasteiger partial charge on any atom is -0.396 e. The van der Waals surface area contributed by atoms with Gasteiger partial charge < -0.3 is 21.1 Å². The number of hydrogen-bond donors (Lipinski definition) is 4. The molecule has 7 heteroatoms. The smallest absolute Gasteiger partial charge is 0.251 e. The highest BCUT2D eigenvalue weighted by Gasteiger charge is 2.34. The van der Waals surface area contributed by atoms with Crippen molar-refractivity contribution in [3.05, 3.63) is 77.4 Å². The van der Waals surface area contributed by atoms with Gasteiger partial charge in [0.05, 0.1) is 17.0 Å². The van der Waals surface area contributed by atoms with Crippen LogP contribution in [0.2, 0.25) is 0 Å². The van der Waals surface area contributed by atoms with E-state index in [1.165, 1.54) is 0 Å². The average Bonchev–Trinajstić information content (AvgIpc) is 3.37. The molecule has 1 heterocycles. The molecule has 7 nitrogen and oxygen atoms in total. The quantitative estimate of drug-likeness (QED) is 0.354. The number of rotatable bonds is 6. The number of primary amides is 1. The third-order valence-corrected chi connectivity index (χ3v) is 5.85. The van der Waals surface area contributed by atoms with Crippen molar-refractivity contribution < 1.29 is 14.7 Å². The Morgan fingerprint density at radius 2 is 1.81 bits per heavy atom. The number of hydrogen-bond acceptors (Lipinski definition) is 4. The monoisotopic (exact) mass is 426 g/mol. The zero-order chi connectivity index (χ0) is 22.2. The molecular weight excluding hydrogens is 404 g/mol. The number of aliphatic hydroxyl groups is 1. The predicted octanol–water partition coefficient (Wildman–Crippen LogP) is 2.94. The van der Waals surface area contributed by atoms with Gasteiger partial charge in [-0.2, -0.15) is 0 Å². The number of imidazole rings is 1. The summed E-state index contributed by atoms with van der Waals surface area (Å²) in [6.07, 6.45) is 0.509. The molecule has 4 aromatic rings. The van der Waals surface area contributed by atoms with Gasteiger partial charge in [-0.15, -0.1) is 0 Å². The van der Waals surface area contributed by atoms with Gasteiger partial charge >= 0.3 is 0 Å². The first-order valence-electron chi connectivity index (χ1n) is 10.5. The van der Waals surface area contributed by atoms with E-state index < -0.39 is 5.92 Å². The molecule has 2 amide bonds. The van der Waals surface area contributed by atoms with Gasteiger partial charge in [-0.1, -0.05) is 42.5 Å². The van der Waals surface area contributed by atoms with E-state index in [1.807, 2.05) is 42.5 Å². The number of nitrogens with zero attached hydrogens (tertiary/aromatic N) is 1. The number of amides is 2. The summed E-state index contributed by atoms with van der Waals surface area (Å²) in [5.41, 5.74) is 12.3. The van der Waals surface area contributed by atoms with Crippen molar-refractivity contribution in [2.75, 3.05) is 13.2 Å². The van der Waals surface area contributed by atoms with Crippen LogP contribution >= 0.6 is 0 Å². The molecule has 32 heavy (non-hydrogen) atoms. The fraction of sp³-hybridized carbons (Fsp3) is 0.160. The van der Waals surface area contributed by atoms with Crippen molar-refractivity contribution in [3.63, 3.8) is 0 Å². The van der Waals surface area contributed by atoms with Gasteiger partial charge in [0.15, 0.2) is 0 Å². The Balaban J connectivity index is 1.58. The van der Waals surface area contributed by atoms with Crippen LogP contribution in [0, 0.1) is 0 Å². The average molecular weight is 426 g/mol. The summed E-state index contributed by atoms with van der Waals surface area (Å²) in [6.45, 7) is 0.447. The van der Waals surface area contributed by atoms with Crippen molar-refractivity contribution in [1.29, 1.82) is 0 Å². The second kappa shape index (κ2) is 7.94. The highest BCUT2D eigenvalue weighted by atomic mass is 16.3. The summed E-state index contributed by atoms with van der Waals surface area (Å²) in [4.78, 5) is 32.7. The summed E-state index contributed by atoms with van der Waals surface area (Å²) >= 11 is 0.